The molecule has 82 valence electrons. The molecule has 0 radical (unpaired) electrons. The van der Waals surface area contributed by atoms with Gasteiger partial charge in [0.25, 0.3) is 0 Å². The van der Waals surface area contributed by atoms with Crippen LogP contribution >= 0.6 is 0 Å². The van der Waals surface area contributed by atoms with Crippen molar-refractivity contribution in [3.8, 4) is 0 Å². The van der Waals surface area contributed by atoms with Gasteiger partial charge in [0.2, 0.25) is 0 Å². The molecule has 3 nitrogen and oxygen atoms in total. The van der Waals surface area contributed by atoms with Crippen molar-refractivity contribution in [3.05, 3.63) is 12.2 Å². The van der Waals surface area contributed by atoms with Gasteiger partial charge in [0.1, 0.15) is 0 Å². The lowest BCUT2D eigenvalue weighted by Gasteiger charge is -2.33. The van der Waals surface area contributed by atoms with E-state index in [2.05, 4.69) is 23.4 Å². The number of hydrogen-bond donors (Lipinski definition) is 1. The SMILES string of the molecule is C=C(CC)C(O)CN1CCN(C)CC1. The zero-order valence-corrected chi connectivity index (χ0v) is 9.37. The predicted molar refractivity (Wildman–Crippen MR) is 59.4 cm³/mol. The van der Waals surface area contributed by atoms with Gasteiger partial charge in [0.05, 0.1) is 6.10 Å². The fourth-order valence-corrected chi connectivity index (χ4v) is 1.64. The third-order valence-corrected chi connectivity index (χ3v) is 2.95. The topological polar surface area (TPSA) is 26.7 Å². The molecule has 0 saturated carbocycles. The van der Waals surface area contributed by atoms with E-state index in [1.165, 1.54) is 0 Å². The number of nitrogens with zero attached hydrogens (tertiary/aromatic N) is 2. The second-order valence-electron chi connectivity index (χ2n) is 4.13. The Morgan fingerprint density at radius 3 is 2.43 bits per heavy atom. The van der Waals surface area contributed by atoms with Crippen molar-refractivity contribution < 1.29 is 5.11 Å². The second kappa shape index (κ2) is 5.49. The van der Waals surface area contributed by atoms with Crippen LogP contribution in [0.1, 0.15) is 13.3 Å². The van der Waals surface area contributed by atoms with Crippen LogP contribution in [0.4, 0.5) is 0 Å². The van der Waals surface area contributed by atoms with Crippen molar-refractivity contribution in [3.63, 3.8) is 0 Å². The molecule has 1 aliphatic heterocycles. The molecular formula is C11H22N2O. The maximum atomic E-state index is 9.78. The van der Waals surface area contributed by atoms with Crippen LogP contribution < -0.4 is 0 Å². The van der Waals surface area contributed by atoms with Gasteiger partial charge in [0.15, 0.2) is 0 Å². The first-order valence-corrected chi connectivity index (χ1v) is 5.40. The summed E-state index contributed by atoms with van der Waals surface area (Å²) >= 11 is 0. The molecule has 0 aliphatic carbocycles. The largest absolute Gasteiger partial charge is 0.387 e. The van der Waals surface area contributed by atoms with E-state index in [1.54, 1.807) is 0 Å². The minimum absolute atomic E-state index is 0.344. The van der Waals surface area contributed by atoms with Crippen LogP contribution in [0, 0.1) is 0 Å². The number of aliphatic hydroxyl groups is 1. The molecule has 1 rings (SSSR count). The van der Waals surface area contributed by atoms with Crippen LogP contribution in [0.5, 0.6) is 0 Å². The molecule has 14 heavy (non-hydrogen) atoms. The van der Waals surface area contributed by atoms with Gasteiger partial charge in [-0.25, -0.2) is 0 Å². The summed E-state index contributed by atoms with van der Waals surface area (Å²) in [6.45, 7) is 11.0. The molecule has 1 saturated heterocycles. The van der Waals surface area contributed by atoms with Crippen LogP contribution in [-0.4, -0.2) is 60.8 Å². The fraction of sp³-hybridized carbons (Fsp3) is 0.818. The zero-order valence-electron chi connectivity index (χ0n) is 9.37. The normalized spacial score (nSPS) is 22.2. The van der Waals surface area contributed by atoms with Gasteiger partial charge in [0, 0.05) is 32.7 Å². The highest BCUT2D eigenvalue weighted by Gasteiger charge is 2.17. The van der Waals surface area contributed by atoms with Gasteiger partial charge in [-0.1, -0.05) is 13.5 Å². The maximum Gasteiger partial charge on any atom is 0.0874 e. The quantitative estimate of drug-likeness (QED) is 0.669. The van der Waals surface area contributed by atoms with E-state index < -0.39 is 0 Å². The van der Waals surface area contributed by atoms with Crippen LogP contribution in [0.3, 0.4) is 0 Å². The Hall–Kier alpha value is -0.380. The average molecular weight is 198 g/mol. The first kappa shape index (κ1) is 11.7. The molecule has 0 bridgehead atoms. The summed E-state index contributed by atoms with van der Waals surface area (Å²) in [4.78, 5) is 4.63. The summed E-state index contributed by atoms with van der Waals surface area (Å²) in [6, 6.07) is 0. The van der Waals surface area contributed by atoms with Crippen LogP contribution in [0.25, 0.3) is 0 Å². The van der Waals surface area contributed by atoms with Crippen molar-refractivity contribution in [2.24, 2.45) is 0 Å². The molecule has 0 aromatic rings. The Kier molecular flexibility index (Phi) is 4.58. The summed E-state index contributed by atoms with van der Waals surface area (Å²) in [5, 5.41) is 9.78. The standard InChI is InChI=1S/C11H22N2O/c1-4-10(2)11(14)9-13-7-5-12(3)6-8-13/h11,14H,2,4-9H2,1,3H3. The Labute approximate surface area is 87.0 Å². The Morgan fingerprint density at radius 1 is 1.36 bits per heavy atom. The molecule has 1 fully saturated rings. The van der Waals surface area contributed by atoms with Crippen molar-refractivity contribution in [1.29, 1.82) is 0 Å². The Morgan fingerprint density at radius 2 is 1.93 bits per heavy atom. The molecule has 1 aliphatic rings. The molecule has 3 heteroatoms. The van der Waals surface area contributed by atoms with E-state index in [-0.39, 0.29) is 6.10 Å². The number of β-amino-alcohol motifs (C(OH)–C–C–N with tert-alkyl or cyclic N) is 1. The molecular weight excluding hydrogens is 176 g/mol. The van der Waals surface area contributed by atoms with Gasteiger partial charge >= 0.3 is 0 Å². The van der Waals surface area contributed by atoms with E-state index in [4.69, 9.17) is 0 Å². The van der Waals surface area contributed by atoms with Crippen molar-refractivity contribution in [2.45, 2.75) is 19.4 Å². The highest BCUT2D eigenvalue weighted by molar-refractivity contribution is 5.01. The molecule has 1 heterocycles. The molecule has 1 unspecified atom stereocenters. The van der Waals surface area contributed by atoms with Gasteiger partial charge in [-0.3, -0.25) is 4.90 Å². The van der Waals surface area contributed by atoms with E-state index in [0.29, 0.717) is 0 Å². The van der Waals surface area contributed by atoms with E-state index in [0.717, 1.165) is 44.7 Å². The summed E-state index contributed by atoms with van der Waals surface area (Å²) in [5.74, 6) is 0. The number of piperazine rings is 1. The zero-order chi connectivity index (χ0) is 10.6. The van der Waals surface area contributed by atoms with Crippen LogP contribution in [-0.2, 0) is 0 Å². The van der Waals surface area contributed by atoms with E-state index >= 15 is 0 Å². The van der Waals surface area contributed by atoms with Crippen LogP contribution in [0.2, 0.25) is 0 Å². The minimum Gasteiger partial charge on any atom is -0.387 e. The lowest BCUT2D eigenvalue weighted by Crippen LogP contribution is -2.47. The Balaban J connectivity index is 2.27. The molecule has 1 atom stereocenters. The first-order valence-electron chi connectivity index (χ1n) is 5.40. The molecule has 0 amide bonds. The highest BCUT2D eigenvalue weighted by atomic mass is 16.3. The third kappa shape index (κ3) is 3.40. The molecule has 1 N–H and O–H groups in total. The van der Waals surface area contributed by atoms with E-state index in [1.807, 2.05) is 6.92 Å². The number of aliphatic hydroxyl groups excluding tert-OH is 1. The minimum atomic E-state index is -0.344. The summed E-state index contributed by atoms with van der Waals surface area (Å²) in [7, 11) is 2.14. The monoisotopic (exact) mass is 198 g/mol. The first-order chi connectivity index (χ1) is 6.63. The van der Waals surface area contributed by atoms with Gasteiger partial charge < -0.3 is 10.0 Å². The lowest BCUT2D eigenvalue weighted by atomic mass is 10.1. The molecule has 0 aromatic heterocycles. The number of rotatable bonds is 4. The smallest absolute Gasteiger partial charge is 0.0874 e. The lowest BCUT2D eigenvalue weighted by molar-refractivity contribution is 0.0963. The third-order valence-electron chi connectivity index (χ3n) is 2.95. The van der Waals surface area contributed by atoms with Crippen LogP contribution in [0.15, 0.2) is 12.2 Å². The maximum absolute atomic E-state index is 9.78. The van der Waals surface area contributed by atoms with Gasteiger partial charge in [-0.15, -0.1) is 0 Å². The van der Waals surface area contributed by atoms with Crippen molar-refractivity contribution in [2.75, 3.05) is 39.8 Å². The van der Waals surface area contributed by atoms with Crippen molar-refractivity contribution >= 4 is 0 Å². The summed E-state index contributed by atoms with van der Waals surface area (Å²) in [5.41, 5.74) is 0.948. The average Bonchev–Trinajstić information content (AvgIpc) is 2.20. The summed E-state index contributed by atoms with van der Waals surface area (Å²) < 4.78 is 0. The Bertz CT molecular complexity index is 186. The number of hydrogen-bond acceptors (Lipinski definition) is 3. The van der Waals surface area contributed by atoms with Gasteiger partial charge in [-0.05, 0) is 19.0 Å². The summed E-state index contributed by atoms with van der Waals surface area (Å²) in [6.07, 6.45) is 0.526. The molecule has 0 aromatic carbocycles. The second-order valence-corrected chi connectivity index (χ2v) is 4.13. The van der Waals surface area contributed by atoms with Gasteiger partial charge in [-0.2, -0.15) is 0 Å². The predicted octanol–water partition coefficient (Wildman–Crippen LogP) is 0.561. The van der Waals surface area contributed by atoms with Crippen molar-refractivity contribution in [1.82, 2.24) is 9.80 Å². The van der Waals surface area contributed by atoms with E-state index in [9.17, 15) is 5.11 Å². The molecule has 0 spiro atoms. The fourth-order valence-electron chi connectivity index (χ4n) is 1.64. The number of likely N-dealkylation sites (N-methyl/N-ethyl adjacent to an activating group) is 1. The highest BCUT2D eigenvalue weighted by Crippen LogP contribution is 2.07.